The molecule has 2 aromatic rings. The van der Waals surface area contributed by atoms with Gasteiger partial charge in [-0.3, -0.25) is 4.99 Å². The van der Waals surface area contributed by atoms with Gasteiger partial charge in [0.25, 0.3) is 0 Å². The van der Waals surface area contributed by atoms with E-state index in [1.165, 1.54) is 11.3 Å². The molecule has 0 radical (unpaired) electrons. The molecular weight excluding hydrogens is 356 g/mol. The third-order valence-electron chi connectivity index (χ3n) is 4.89. The van der Waals surface area contributed by atoms with Crippen molar-refractivity contribution < 1.29 is 14.2 Å². The Kier molecular flexibility index (Phi) is 5.82. The first-order chi connectivity index (χ1) is 13.8. The zero-order valence-corrected chi connectivity index (χ0v) is 16.1. The van der Waals surface area contributed by atoms with Crippen molar-refractivity contribution in [2.75, 3.05) is 45.0 Å². The normalized spacial score (nSPS) is 16.2. The van der Waals surface area contributed by atoms with Crippen molar-refractivity contribution >= 4 is 11.6 Å². The first kappa shape index (κ1) is 18.4. The number of rotatable bonds is 5. The van der Waals surface area contributed by atoms with E-state index in [1.54, 1.807) is 7.05 Å². The lowest BCUT2D eigenvalue weighted by molar-refractivity contribution is 0.122. The summed E-state index contributed by atoms with van der Waals surface area (Å²) < 4.78 is 16.2. The Labute approximate surface area is 165 Å². The van der Waals surface area contributed by atoms with E-state index in [0.29, 0.717) is 19.9 Å². The molecule has 0 saturated carbocycles. The summed E-state index contributed by atoms with van der Waals surface area (Å²) in [5, 5.41) is 6.69. The van der Waals surface area contributed by atoms with Crippen LogP contribution in [0.1, 0.15) is 11.1 Å². The summed E-state index contributed by atoms with van der Waals surface area (Å²) in [6.07, 6.45) is 0. The second kappa shape index (κ2) is 8.84. The lowest BCUT2D eigenvalue weighted by Crippen LogP contribution is -2.36. The Morgan fingerprint density at radius 3 is 2.36 bits per heavy atom. The number of hydrogen-bond acceptors (Lipinski definition) is 5. The highest BCUT2D eigenvalue weighted by molar-refractivity contribution is 5.79. The minimum Gasteiger partial charge on any atom is -0.454 e. The molecule has 0 bridgehead atoms. The van der Waals surface area contributed by atoms with Crippen molar-refractivity contribution in [3.05, 3.63) is 53.6 Å². The Hall–Kier alpha value is -2.93. The molecule has 7 heteroatoms. The van der Waals surface area contributed by atoms with Crippen molar-refractivity contribution in [1.82, 2.24) is 10.6 Å². The van der Waals surface area contributed by atoms with Gasteiger partial charge >= 0.3 is 0 Å². The third-order valence-corrected chi connectivity index (χ3v) is 4.89. The number of aliphatic imine (C=N–C) groups is 1. The van der Waals surface area contributed by atoms with Gasteiger partial charge in [0, 0.05) is 38.9 Å². The predicted molar refractivity (Wildman–Crippen MR) is 109 cm³/mol. The van der Waals surface area contributed by atoms with Crippen molar-refractivity contribution in [1.29, 1.82) is 0 Å². The summed E-state index contributed by atoms with van der Waals surface area (Å²) in [4.78, 5) is 6.65. The molecule has 0 atom stereocenters. The molecule has 2 N–H and O–H groups in total. The van der Waals surface area contributed by atoms with Gasteiger partial charge in [0.1, 0.15) is 0 Å². The number of nitrogens with zero attached hydrogens (tertiary/aromatic N) is 2. The van der Waals surface area contributed by atoms with Crippen LogP contribution in [-0.4, -0.2) is 46.1 Å². The molecule has 28 heavy (non-hydrogen) atoms. The summed E-state index contributed by atoms with van der Waals surface area (Å²) in [7, 11) is 1.77. The summed E-state index contributed by atoms with van der Waals surface area (Å²) >= 11 is 0. The largest absolute Gasteiger partial charge is 0.454 e. The minimum atomic E-state index is 0.291. The van der Waals surface area contributed by atoms with E-state index in [9.17, 15) is 0 Å². The Bertz CT molecular complexity index is 817. The van der Waals surface area contributed by atoms with E-state index in [0.717, 1.165) is 49.3 Å². The molecule has 1 saturated heterocycles. The number of guanidine groups is 1. The number of hydrogen-bond donors (Lipinski definition) is 2. The minimum absolute atomic E-state index is 0.291. The maximum atomic E-state index is 5.42. The van der Waals surface area contributed by atoms with E-state index in [4.69, 9.17) is 14.2 Å². The van der Waals surface area contributed by atoms with Crippen LogP contribution in [0.25, 0.3) is 0 Å². The summed E-state index contributed by atoms with van der Waals surface area (Å²) in [6.45, 7) is 5.17. The Morgan fingerprint density at radius 2 is 1.61 bits per heavy atom. The lowest BCUT2D eigenvalue weighted by atomic mass is 10.2. The second-order valence-electron chi connectivity index (χ2n) is 6.73. The third kappa shape index (κ3) is 4.48. The fourth-order valence-electron chi connectivity index (χ4n) is 3.29. The highest BCUT2D eigenvalue weighted by Gasteiger charge is 2.13. The Balaban J connectivity index is 1.27. The van der Waals surface area contributed by atoms with E-state index in [-0.39, 0.29) is 0 Å². The molecule has 148 valence electrons. The molecule has 0 spiro atoms. The molecule has 4 rings (SSSR count). The van der Waals surface area contributed by atoms with Crippen LogP contribution in [0, 0.1) is 0 Å². The smallest absolute Gasteiger partial charge is 0.231 e. The maximum Gasteiger partial charge on any atom is 0.231 e. The molecule has 2 aromatic carbocycles. The molecule has 1 fully saturated rings. The number of anilines is 1. The van der Waals surface area contributed by atoms with Gasteiger partial charge < -0.3 is 29.7 Å². The van der Waals surface area contributed by atoms with E-state index < -0.39 is 0 Å². The monoisotopic (exact) mass is 382 g/mol. The van der Waals surface area contributed by atoms with Gasteiger partial charge in [0.05, 0.1) is 13.2 Å². The molecule has 0 aromatic heterocycles. The highest BCUT2D eigenvalue weighted by Crippen LogP contribution is 2.32. The first-order valence-corrected chi connectivity index (χ1v) is 9.56. The zero-order chi connectivity index (χ0) is 19.2. The van der Waals surface area contributed by atoms with Crippen LogP contribution in [0.5, 0.6) is 11.5 Å². The van der Waals surface area contributed by atoms with Crippen LogP contribution in [0.2, 0.25) is 0 Å². The van der Waals surface area contributed by atoms with Gasteiger partial charge in [0.15, 0.2) is 17.5 Å². The fourth-order valence-corrected chi connectivity index (χ4v) is 3.29. The van der Waals surface area contributed by atoms with Gasteiger partial charge in [-0.1, -0.05) is 18.2 Å². The van der Waals surface area contributed by atoms with E-state index >= 15 is 0 Å². The number of morpholine rings is 1. The van der Waals surface area contributed by atoms with Gasteiger partial charge in [-0.2, -0.15) is 0 Å². The van der Waals surface area contributed by atoms with Crippen molar-refractivity contribution in [3.8, 4) is 11.5 Å². The first-order valence-electron chi connectivity index (χ1n) is 9.56. The van der Waals surface area contributed by atoms with Crippen LogP contribution in [-0.2, 0) is 17.8 Å². The van der Waals surface area contributed by atoms with Crippen molar-refractivity contribution in [3.63, 3.8) is 0 Å². The van der Waals surface area contributed by atoms with Gasteiger partial charge in [0.2, 0.25) is 6.79 Å². The molecule has 2 aliphatic rings. The van der Waals surface area contributed by atoms with E-state index in [1.807, 2.05) is 18.2 Å². The van der Waals surface area contributed by atoms with Crippen LogP contribution in [0.3, 0.4) is 0 Å². The zero-order valence-electron chi connectivity index (χ0n) is 16.1. The average molecular weight is 382 g/mol. The molecule has 0 amide bonds. The SMILES string of the molecule is CN=C(NCc1ccc(N2CCOCC2)cc1)NCc1ccc2c(c1)OCO2. The van der Waals surface area contributed by atoms with Crippen molar-refractivity contribution in [2.45, 2.75) is 13.1 Å². The van der Waals surface area contributed by atoms with Crippen molar-refractivity contribution in [2.24, 2.45) is 4.99 Å². The number of ether oxygens (including phenoxy) is 3. The number of nitrogens with one attached hydrogen (secondary N) is 2. The van der Waals surface area contributed by atoms with Gasteiger partial charge in [-0.25, -0.2) is 0 Å². The van der Waals surface area contributed by atoms with Crippen LogP contribution in [0.4, 0.5) is 5.69 Å². The van der Waals surface area contributed by atoms with Gasteiger partial charge in [-0.15, -0.1) is 0 Å². The van der Waals surface area contributed by atoms with Crippen LogP contribution < -0.4 is 25.0 Å². The standard InChI is InChI=1S/C21H26N4O3/c1-22-21(24-14-17-4-7-19-20(12-17)28-15-27-19)23-13-16-2-5-18(6-3-16)25-8-10-26-11-9-25/h2-7,12H,8-11,13-15H2,1H3,(H2,22,23,24). The molecule has 2 aliphatic heterocycles. The second-order valence-corrected chi connectivity index (χ2v) is 6.73. The maximum absolute atomic E-state index is 5.42. The molecule has 0 unspecified atom stereocenters. The van der Waals surface area contributed by atoms with E-state index in [2.05, 4.69) is 44.8 Å². The molecule has 0 aliphatic carbocycles. The topological polar surface area (TPSA) is 67.4 Å². The average Bonchev–Trinajstić information content (AvgIpc) is 3.23. The number of fused-ring (bicyclic) bond motifs is 1. The predicted octanol–water partition coefficient (Wildman–Crippen LogP) is 2.12. The molecule has 7 nitrogen and oxygen atoms in total. The molecule has 2 heterocycles. The number of benzene rings is 2. The summed E-state index contributed by atoms with van der Waals surface area (Å²) in [5.41, 5.74) is 3.57. The fraction of sp³-hybridized carbons (Fsp3) is 0.381. The molecular formula is C21H26N4O3. The van der Waals surface area contributed by atoms with Crippen LogP contribution in [0.15, 0.2) is 47.5 Å². The van der Waals surface area contributed by atoms with Crippen LogP contribution >= 0.6 is 0 Å². The van der Waals surface area contributed by atoms with Gasteiger partial charge in [-0.05, 0) is 35.4 Å². The Morgan fingerprint density at radius 1 is 0.929 bits per heavy atom. The lowest BCUT2D eigenvalue weighted by Gasteiger charge is -2.28. The quantitative estimate of drug-likeness (QED) is 0.610. The highest BCUT2D eigenvalue weighted by atomic mass is 16.7. The summed E-state index contributed by atoms with van der Waals surface area (Å²) in [6, 6.07) is 14.6. The summed E-state index contributed by atoms with van der Waals surface area (Å²) in [5.74, 6) is 2.35.